The van der Waals surface area contributed by atoms with Gasteiger partial charge in [0.05, 0.1) is 5.52 Å². The number of pyridine rings is 1. The summed E-state index contributed by atoms with van der Waals surface area (Å²) in [6.45, 7) is 5.28. The summed E-state index contributed by atoms with van der Waals surface area (Å²) in [6.07, 6.45) is 0.949. The van der Waals surface area contributed by atoms with Gasteiger partial charge in [0.2, 0.25) is 0 Å². The van der Waals surface area contributed by atoms with E-state index in [0.717, 1.165) is 0 Å². The van der Waals surface area contributed by atoms with Gasteiger partial charge in [0.25, 0.3) is 0 Å². The second-order valence-electron chi connectivity index (χ2n) is 8.19. The van der Waals surface area contributed by atoms with E-state index in [4.69, 9.17) is 9.47 Å². The van der Waals surface area contributed by atoms with Crippen LogP contribution in [-0.4, -0.2) is 31.3 Å². The van der Waals surface area contributed by atoms with Gasteiger partial charge in [-0.25, -0.2) is 23.7 Å². The number of rotatable bonds is 4. The van der Waals surface area contributed by atoms with E-state index >= 15 is 0 Å². The lowest BCUT2D eigenvalue weighted by Crippen LogP contribution is -2.27. The first-order chi connectivity index (χ1) is 15.2. The zero-order chi connectivity index (χ0) is 22.9. The van der Waals surface area contributed by atoms with Crippen molar-refractivity contribution >= 4 is 17.3 Å². The monoisotopic (exact) mass is 435 g/mol. The topological polar surface area (TPSA) is 86.5 Å². The van der Waals surface area contributed by atoms with Gasteiger partial charge in [0.1, 0.15) is 29.5 Å². The van der Waals surface area contributed by atoms with E-state index in [0.29, 0.717) is 28.0 Å². The van der Waals surface area contributed by atoms with Gasteiger partial charge < -0.3 is 14.6 Å². The van der Waals surface area contributed by atoms with E-state index in [1.165, 1.54) is 22.8 Å². The Hall–Kier alpha value is -3.94. The highest BCUT2D eigenvalue weighted by Gasteiger charge is 2.25. The number of halogens is 1. The second-order valence-corrected chi connectivity index (χ2v) is 8.19. The van der Waals surface area contributed by atoms with E-state index in [1.54, 1.807) is 63.4 Å². The Balaban J connectivity index is 1.75. The number of fused-ring (bicyclic) bond motifs is 1. The maximum atomic E-state index is 13.9. The molecule has 0 radical (unpaired) electrons. The van der Waals surface area contributed by atoms with Crippen LogP contribution in [0.1, 0.15) is 26.3 Å². The molecule has 0 saturated heterocycles. The van der Waals surface area contributed by atoms with Crippen LogP contribution in [0.2, 0.25) is 0 Å². The molecule has 2 aromatic carbocycles. The average Bonchev–Trinajstić information content (AvgIpc) is 3.11. The molecule has 2 aromatic heterocycles. The van der Waals surface area contributed by atoms with E-state index in [9.17, 15) is 14.3 Å². The van der Waals surface area contributed by atoms with Crippen LogP contribution in [0.5, 0.6) is 11.5 Å². The molecule has 0 atom stereocenters. The normalized spacial score (nSPS) is 11.5. The molecule has 0 bridgehead atoms. The molecule has 0 saturated carbocycles. The molecule has 2 heterocycles. The van der Waals surface area contributed by atoms with Crippen molar-refractivity contribution < 1.29 is 23.8 Å². The first kappa shape index (κ1) is 21.3. The van der Waals surface area contributed by atoms with Gasteiger partial charge in [-0.15, -0.1) is 0 Å². The molecule has 0 amide bonds. The predicted octanol–water partition coefficient (Wildman–Crippen LogP) is 5.31. The molecular weight excluding hydrogens is 413 g/mol. The average molecular weight is 435 g/mol. The van der Waals surface area contributed by atoms with Crippen LogP contribution in [0.4, 0.5) is 9.18 Å². The van der Waals surface area contributed by atoms with Gasteiger partial charge in [-0.3, -0.25) is 0 Å². The van der Waals surface area contributed by atoms with Crippen LogP contribution >= 0.6 is 0 Å². The molecule has 164 valence electrons. The lowest BCUT2D eigenvalue weighted by Gasteiger charge is -2.20. The van der Waals surface area contributed by atoms with Crippen molar-refractivity contribution in [3.8, 4) is 22.9 Å². The molecule has 0 aliphatic carbocycles. The number of phenols is 1. The smallest absolute Gasteiger partial charge is 0.420 e. The fraction of sp³-hybridized carbons (Fsp3) is 0.208. The summed E-state index contributed by atoms with van der Waals surface area (Å²) in [5.41, 5.74) is 0.888. The first-order valence-electron chi connectivity index (χ1n) is 9.99. The number of ether oxygens (including phenoxy) is 2. The number of aromatic nitrogens is 3. The number of aromatic hydroxyl groups is 1. The van der Waals surface area contributed by atoms with Crippen molar-refractivity contribution in [2.24, 2.45) is 0 Å². The molecule has 0 unspecified atom stereocenters. The van der Waals surface area contributed by atoms with Crippen LogP contribution in [0.3, 0.4) is 0 Å². The van der Waals surface area contributed by atoms with Crippen LogP contribution < -0.4 is 4.74 Å². The minimum atomic E-state index is -0.722. The molecule has 32 heavy (non-hydrogen) atoms. The van der Waals surface area contributed by atoms with Gasteiger partial charge in [-0.05, 0) is 51.1 Å². The SMILES string of the molecule is CC(C)(C)OC(=O)n1c(-c2cc(O)cc(OCc3ccccc3F)c2)nc2ncccc21. The van der Waals surface area contributed by atoms with Crippen molar-refractivity contribution in [1.29, 1.82) is 0 Å². The van der Waals surface area contributed by atoms with E-state index in [-0.39, 0.29) is 24.0 Å². The summed E-state index contributed by atoms with van der Waals surface area (Å²) in [4.78, 5) is 21.7. The molecular formula is C24H22FN3O4. The van der Waals surface area contributed by atoms with Crippen LogP contribution in [0, 0.1) is 5.82 Å². The summed E-state index contributed by atoms with van der Waals surface area (Å²) in [7, 11) is 0. The molecule has 0 aliphatic rings. The number of hydrogen-bond donors (Lipinski definition) is 1. The Bertz CT molecular complexity index is 1290. The third-order valence-corrected chi connectivity index (χ3v) is 4.51. The van der Waals surface area contributed by atoms with Crippen molar-refractivity contribution in [1.82, 2.24) is 14.5 Å². The number of imidazole rings is 1. The molecule has 4 rings (SSSR count). The van der Waals surface area contributed by atoms with Gasteiger partial charge in [0, 0.05) is 23.4 Å². The summed E-state index contributed by atoms with van der Waals surface area (Å²) in [5.74, 6) is 0.0473. The molecule has 1 N–H and O–H groups in total. The minimum absolute atomic E-state index is 0.0282. The van der Waals surface area contributed by atoms with Crippen LogP contribution in [-0.2, 0) is 11.3 Å². The second kappa shape index (κ2) is 8.30. The predicted molar refractivity (Wildman–Crippen MR) is 117 cm³/mol. The minimum Gasteiger partial charge on any atom is -0.508 e. The van der Waals surface area contributed by atoms with Crippen molar-refractivity contribution in [2.75, 3.05) is 0 Å². The van der Waals surface area contributed by atoms with E-state index < -0.39 is 11.7 Å². The molecule has 0 aliphatic heterocycles. The molecule has 8 heteroatoms. The zero-order valence-electron chi connectivity index (χ0n) is 17.9. The van der Waals surface area contributed by atoms with E-state index in [2.05, 4.69) is 9.97 Å². The summed E-state index contributed by atoms with van der Waals surface area (Å²) < 4.78 is 26.5. The Morgan fingerprint density at radius 3 is 2.66 bits per heavy atom. The highest BCUT2D eigenvalue weighted by Crippen LogP contribution is 2.32. The number of carbonyl (C=O) groups is 1. The number of nitrogens with zero attached hydrogens (tertiary/aromatic N) is 3. The third kappa shape index (κ3) is 4.54. The maximum absolute atomic E-state index is 13.9. The highest BCUT2D eigenvalue weighted by atomic mass is 19.1. The Kier molecular flexibility index (Phi) is 5.52. The molecule has 0 fully saturated rings. The highest BCUT2D eigenvalue weighted by molar-refractivity contribution is 5.90. The van der Waals surface area contributed by atoms with Crippen LogP contribution in [0.25, 0.3) is 22.6 Å². The standard InChI is InChI=1S/C24H22FN3O4/c1-24(2,3)32-23(30)28-20-9-6-10-26-21(20)27-22(28)16-11-17(29)13-18(12-16)31-14-15-7-4-5-8-19(15)25/h4-13,29H,14H2,1-3H3. The van der Waals surface area contributed by atoms with E-state index in [1.807, 2.05) is 0 Å². The Morgan fingerprint density at radius 2 is 1.91 bits per heavy atom. The fourth-order valence-corrected chi connectivity index (χ4v) is 3.17. The quantitative estimate of drug-likeness (QED) is 0.468. The largest absolute Gasteiger partial charge is 0.508 e. The molecule has 4 aromatic rings. The van der Waals surface area contributed by atoms with Gasteiger partial charge in [0.15, 0.2) is 11.5 Å². The number of phenolic OH excluding ortho intramolecular Hbond substituents is 1. The fourth-order valence-electron chi connectivity index (χ4n) is 3.17. The lowest BCUT2D eigenvalue weighted by atomic mass is 10.2. The first-order valence-corrected chi connectivity index (χ1v) is 9.99. The number of benzene rings is 2. The lowest BCUT2D eigenvalue weighted by molar-refractivity contribution is 0.0546. The molecule has 0 spiro atoms. The van der Waals surface area contributed by atoms with Crippen molar-refractivity contribution in [3.05, 3.63) is 72.2 Å². The van der Waals surface area contributed by atoms with Crippen LogP contribution in [0.15, 0.2) is 60.8 Å². The molecule has 7 nitrogen and oxygen atoms in total. The summed E-state index contributed by atoms with van der Waals surface area (Å²) in [5, 5.41) is 10.3. The summed E-state index contributed by atoms with van der Waals surface area (Å²) >= 11 is 0. The van der Waals surface area contributed by atoms with Gasteiger partial charge in [-0.1, -0.05) is 18.2 Å². The van der Waals surface area contributed by atoms with Crippen molar-refractivity contribution in [3.63, 3.8) is 0 Å². The Labute approximate surface area is 184 Å². The third-order valence-electron chi connectivity index (χ3n) is 4.51. The number of carbonyl (C=O) groups excluding carboxylic acids is 1. The Morgan fingerprint density at radius 1 is 1.12 bits per heavy atom. The summed E-state index contributed by atoms with van der Waals surface area (Å²) in [6, 6.07) is 14.2. The van der Waals surface area contributed by atoms with Gasteiger partial charge in [-0.2, -0.15) is 0 Å². The number of hydrogen-bond acceptors (Lipinski definition) is 6. The van der Waals surface area contributed by atoms with Crippen molar-refractivity contribution in [2.45, 2.75) is 33.0 Å². The van der Waals surface area contributed by atoms with Gasteiger partial charge >= 0.3 is 6.09 Å². The maximum Gasteiger partial charge on any atom is 0.420 e. The zero-order valence-corrected chi connectivity index (χ0v) is 17.9.